The molecule has 0 aromatic heterocycles. The van der Waals surface area contributed by atoms with Crippen molar-refractivity contribution in [3.8, 4) is 0 Å². The van der Waals surface area contributed by atoms with Crippen molar-refractivity contribution in [2.24, 2.45) is 0 Å². The Morgan fingerprint density at radius 3 is 1.17 bits per heavy atom. The van der Waals surface area contributed by atoms with Crippen molar-refractivity contribution in [2.75, 3.05) is 0 Å². The van der Waals surface area contributed by atoms with Gasteiger partial charge in [-0.05, 0) is 79.4 Å². The Kier molecular flexibility index (Phi) is 23.4. The molecule has 0 saturated heterocycles. The van der Waals surface area contributed by atoms with Crippen LogP contribution in [-0.4, -0.2) is 50.3 Å². The number of aldehydes is 2. The Morgan fingerprint density at radius 1 is 0.652 bits per heavy atom. The maximum atomic E-state index is 10.0. The molecule has 0 aliphatic heterocycles. The SMILES string of the molecule is CC(C)=CCC/C(C)=C\C=O.CC(C)=CCC/C(C)=C\C=O.[Ca]. The Balaban J connectivity index is -0.000000333. The van der Waals surface area contributed by atoms with Crippen LogP contribution in [0.2, 0.25) is 0 Å². The number of hydrogen-bond donors (Lipinski definition) is 0. The van der Waals surface area contributed by atoms with E-state index in [0.29, 0.717) is 0 Å². The van der Waals surface area contributed by atoms with E-state index in [1.807, 2.05) is 13.8 Å². The van der Waals surface area contributed by atoms with Crippen LogP contribution >= 0.6 is 0 Å². The van der Waals surface area contributed by atoms with E-state index in [-0.39, 0.29) is 37.7 Å². The van der Waals surface area contributed by atoms with Gasteiger partial charge in [0.1, 0.15) is 12.6 Å². The zero-order valence-corrected chi connectivity index (χ0v) is 18.0. The van der Waals surface area contributed by atoms with Gasteiger partial charge in [0.25, 0.3) is 0 Å². The first-order valence-corrected chi connectivity index (χ1v) is 7.82. The van der Waals surface area contributed by atoms with Crippen LogP contribution in [0.4, 0.5) is 0 Å². The summed E-state index contributed by atoms with van der Waals surface area (Å²) in [6.45, 7) is 12.3. The van der Waals surface area contributed by atoms with Gasteiger partial charge in [0.2, 0.25) is 0 Å². The third-order valence-electron chi connectivity index (χ3n) is 2.89. The molecule has 2 radical (unpaired) electrons. The molecule has 0 spiro atoms. The van der Waals surface area contributed by atoms with E-state index in [9.17, 15) is 9.59 Å². The fourth-order valence-electron chi connectivity index (χ4n) is 1.58. The van der Waals surface area contributed by atoms with Gasteiger partial charge in [-0.25, -0.2) is 0 Å². The molecule has 0 atom stereocenters. The largest absolute Gasteiger partial charge is 0.299 e. The summed E-state index contributed by atoms with van der Waals surface area (Å²) in [4.78, 5) is 20.0. The zero-order chi connectivity index (χ0) is 17.4. The molecule has 0 rings (SSSR count). The van der Waals surface area contributed by atoms with Crippen molar-refractivity contribution in [1.82, 2.24) is 0 Å². The Labute approximate surface area is 172 Å². The first kappa shape index (κ1) is 27.4. The van der Waals surface area contributed by atoms with Crippen molar-refractivity contribution < 1.29 is 9.59 Å². The number of carbonyl (C=O) groups is 2. The summed E-state index contributed by atoms with van der Waals surface area (Å²) in [5, 5.41) is 0. The van der Waals surface area contributed by atoms with E-state index in [4.69, 9.17) is 0 Å². The molecule has 2 nitrogen and oxygen atoms in total. The smallest absolute Gasteiger partial charge is 0.142 e. The minimum atomic E-state index is 0. The van der Waals surface area contributed by atoms with Crippen molar-refractivity contribution in [3.05, 3.63) is 46.6 Å². The molecular weight excluding hydrogens is 312 g/mol. The minimum Gasteiger partial charge on any atom is -0.299 e. The molecule has 0 fully saturated rings. The second-order valence-corrected chi connectivity index (χ2v) is 5.94. The van der Waals surface area contributed by atoms with Crippen molar-refractivity contribution in [3.63, 3.8) is 0 Å². The van der Waals surface area contributed by atoms with Gasteiger partial charge >= 0.3 is 0 Å². The number of rotatable bonds is 8. The summed E-state index contributed by atoms with van der Waals surface area (Å²) in [7, 11) is 0. The van der Waals surface area contributed by atoms with E-state index in [1.54, 1.807) is 12.2 Å². The van der Waals surface area contributed by atoms with Gasteiger partial charge in [0, 0.05) is 37.7 Å². The molecule has 0 heterocycles. The van der Waals surface area contributed by atoms with Crippen LogP contribution in [0.5, 0.6) is 0 Å². The molecule has 0 unspecified atom stereocenters. The number of allylic oxidation sites excluding steroid dienone is 8. The molecule has 0 aromatic carbocycles. The third kappa shape index (κ3) is 26.8. The molecule has 23 heavy (non-hydrogen) atoms. The molecule has 3 heteroatoms. The van der Waals surface area contributed by atoms with Crippen LogP contribution in [0.25, 0.3) is 0 Å². The van der Waals surface area contributed by atoms with Crippen LogP contribution in [0.1, 0.15) is 67.2 Å². The maximum Gasteiger partial charge on any atom is 0.142 e. The van der Waals surface area contributed by atoms with Gasteiger partial charge < -0.3 is 0 Å². The predicted molar refractivity (Wildman–Crippen MR) is 103 cm³/mol. The average molecular weight is 345 g/mol. The summed E-state index contributed by atoms with van der Waals surface area (Å²) in [5.74, 6) is 0. The topological polar surface area (TPSA) is 34.1 Å². The standard InChI is InChI=1S/2C10H16O.Ca/c2*1-9(2)5-4-6-10(3)7-8-11;/h2*5,7-8H,4,6H2,1-3H3;/b2*10-7-;. The molecule has 0 bridgehead atoms. The fourth-order valence-corrected chi connectivity index (χ4v) is 1.58. The normalized spacial score (nSPS) is 10.5. The monoisotopic (exact) mass is 344 g/mol. The quantitative estimate of drug-likeness (QED) is 0.256. The summed E-state index contributed by atoms with van der Waals surface area (Å²) in [5.41, 5.74) is 4.97. The van der Waals surface area contributed by atoms with E-state index in [1.165, 1.54) is 11.1 Å². The minimum absolute atomic E-state index is 0. The predicted octanol–water partition coefficient (Wildman–Crippen LogP) is 5.38. The second-order valence-electron chi connectivity index (χ2n) is 5.94. The first-order chi connectivity index (χ1) is 10.3. The van der Waals surface area contributed by atoms with E-state index >= 15 is 0 Å². The van der Waals surface area contributed by atoms with Gasteiger partial charge in [-0.1, -0.05) is 34.4 Å². The zero-order valence-electron chi connectivity index (χ0n) is 15.8. The number of carbonyl (C=O) groups excluding carboxylic acids is 2. The van der Waals surface area contributed by atoms with E-state index in [2.05, 4.69) is 39.8 Å². The van der Waals surface area contributed by atoms with E-state index in [0.717, 1.165) is 49.4 Å². The van der Waals surface area contributed by atoms with Crippen molar-refractivity contribution in [1.29, 1.82) is 0 Å². The van der Waals surface area contributed by atoms with Gasteiger partial charge in [-0.15, -0.1) is 0 Å². The van der Waals surface area contributed by atoms with Crippen LogP contribution in [-0.2, 0) is 9.59 Å². The van der Waals surface area contributed by atoms with Crippen LogP contribution in [0.3, 0.4) is 0 Å². The third-order valence-corrected chi connectivity index (χ3v) is 2.89. The van der Waals surface area contributed by atoms with E-state index < -0.39 is 0 Å². The molecule has 0 amide bonds. The summed E-state index contributed by atoms with van der Waals surface area (Å²) < 4.78 is 0. The second kappa shape index (κ2) is 19.6. The van der Waals surface area contributed by atoms with Gasteiger partial charge in [-0.2, -0.15) is 0 Å². The average Bonchev–Trinajstić information content (AvgIpc) is 2.39. The summed E-state index contributed by atoms with van der Waals surface area (Å²) in [6.07, 6.45) is 13.4. The van der Waals surface area contributed by atoms with Crippen molar-refractivity contribution in [2.45, 2.75) is 67.2 Å². The Bertz CT molecular complexity index is 391. The number of hydrogen-bond acceptors (Lipinski definition) is 2. The Morgan fingerprint density at radius 2 is 0.957 bits per heavy atom. The first-order valence-electron chi connectivity index (χ1n) is 7.82. The molecular formula is C20H32CaO2. The molecule has 126 valence electrons. The molecule has 0 aromatic rings. The maximum absolute atomic E-state index is 10.0. The fraction of sp³-hybridized carbons (Fsp3) is 0.500. The Hall–Kier alpha value is -0.440. The van der Waals surface area contributed by atoms with Gasteiger partial charge in [0.15, 0.2) is 0 Å². The van der Waals surface area contributed by atoms with Crippen LogP contribution < -0.4 is 0 Å². The van der Waals surface area contributed by atoms with Crippen LogP contribution in [0.15, 0.2) is 46.6 Å². The molecule has 0 aliphatic carbocycles. The van der Waals surface area contributed by atoms with Gasteiger partial charge in [-0.3, -0.25) is 9.59 Å². The summed E-state index contributed by atoms with van der Waals surface area (Å²) in [6, 6.07) is 0. The molecule has 0 saturated carbocycles. The van der Waals surface area contributed by atoms with Crippen molar-refractivity contribution >= 4 is 50.3 Å². The molecule has 0 aliphatic rings. The van der Waals surface area contributed by atoms with Crippen LogP contribution in [0, 0.1) is 0 Å². The van der Waals surface area contributed by atoms with Gasteiger partial charge in [0.05, 0.1) is 0 Å². The summed E-state index contributed by atoms with van der Waals surface area (Å²) >= 11 is 0. The molecule has 0 N–H and O–H groups in total.